The van der Waals surface area contributed by atoms with Gasteiger partial charge in [0.2, 0.25) is 10.0 Å². The standard InChI is InChI=1S/C25H26N2O5S/c28-25(26-29)24-9-5-2-6-18-27(24)33(30,31)23-16-14-22(15-17-23)32-21-12-10-20(11-13-21)19-7-3-1-4-8-19/h1,3-4,7-8,10-17,24,29H,2,5-6,9,18H2,(H,26,28)/t24-/m1/s1. The largest absolute Gasteiger partial charge is 0.457 e. The van der Waals surface area contributed by atoms with Crippen molar-refractivity contribution in [3.05, 3.63) is 78.9 Å². The Bertz CT molecular complexity index is 1180. The van der Waals surface area contributed by atoms with E-state index in [1.54, 1.807) is 17.6 Å². The van der Waals surface area contributed by atoms with Crippen LogP contribution < -0.4 is 10.2 Å². The molecule has 1 aliphatic heterocycles. The van der Waals surface area contributed by atoms with Crippen LogP contribution in [0, 0.1) is 0 Å². The molecule has 0 aromatic heterocycles. The minimum Gasteiger partial charge on any atom is -0.457 e. The van der Waals surface area contributed by atoms with Crippen molar-refractivity contribution < 1.29 is 23.2 Å². The predicted octanol–water partition coefficient (Wildman–Crippen LogP) is 4.58. The molecule has 1 aliphatic rings. The Morgan fingerprint density at radius 3 is 2.09 bits per heavy atom. The Balaban J connectivity index is 1.49. The molecule has 4 rings (SSSR count). The van der Waals surface area contributed by atoms with Crippen LogP contribution in [0.2, 0.25) is 0 Å². The zero-order chi connectivity index (χ0) is 23.3. The molecular formula is C25H26N2O5S. The van der Waals surface area contributed by atoms with Crippen molar-refractivity contribution in [3.63, 3.8) is 0 Å². The van der Waals surface area contributed by atoms with Gasteiger partial charge in [0.15, 0.2) is 0 Å². The van der Waals surface area contributed by atoms with Gasteiger partial charge in [-0.15, -0.1) is 0 Å². The van der Waals surface area contributed by atoms with Crippen LogP contribution in [0.15, 0.2) is 83.8 Å². The number of carbonyl (C=O) groups is 1. The third-order valence-electron chi connectivity index (χ3n) is 5.74. The van der Waals surface area contributed by atoms with Gasteiger partial charge in [-0.1, -0.05) is 55.3 Å². The molecule has 0 aliphatic carbocycles. The Labute approximate surface area is 193 Å². The summed E-state index contributed by atoms with van der Waals surface area (Å²) in [6.45, 7) is 0.229. The van der Waals surface area contributed by atoms with E-state index in [9.17, 15) is 13.2 Å². The molecule has 33 heavy (non-hydrogen) atoms. The fraction of sp³-hybridized carbons (Fsp3) is 0.240. The minimum atomic E-state index is -3.91. The van der Waals surface area contributed by atoms with Crippen LogP contribution in [0.3, 0.4) is 0 Å². The van der Waals surface area contributed by atoms with Crippen LogP contribution in [0.25, 0.3) is 11.1 Å². The maximum absolute atomic E-state index is 13.2. The van der Waals surface area contributed by atoms with Crippen molar-refractivity contribution >= 4 is 15.9 Å². The number of rotatable bonds is 6. The van der Waals surface area contributed by atoms with Gasteiger partial charge in [0.05, 0.1) is 4.90 Å². The molecule has 0 radical (unpaired) electrons. The molecule has 0 saturated carbocycles. The molecule has 3 aromatic rings. The number of nitrogens with one attached hydrogen (secondary N) is 1. The van der Waals surface area contributed by atoms with Crippen LogP contribution >= 0.6 is 0 Å². The molecule has 1 fully saturated rings. The highest BCUT2D eigenvalue weighted by atomic mass is 32.2. The van der Waals surface area contributed by atoms with Gasteiger partial charge in [-0.2, -0.15) is 4.31 Å². The van der Waals surface area contributed by atoms with Gasteiger partial charge < -0.3 is 4.74 Å². The lowest BCUT2D eigenvalue weighted by molar-refractivity contribution is -0.133. The first kappa shape index (κ1) is 23.0. The van der Waals surface area contributed by atoms with E-state index in [4.69, 9.17) is 9.94 Å². The van der Waals surface area contributed by atoms with Crippen LogP contribution in [-0.2, 0) is 14.8 Å². The quantitative estimate of drug-likeness (QED) is 0.409. The van der Waals surface area contributed by atoms with Crippen molar-refractivity contribution in [1.29, 1.82) is 0 Å². The maximum atomic E-state index is 13.2. The molecule has 0 unspecified atom stereocenters. The van der Waals surface area contributed by atoms with Crippen molar-refractivity contribution in [1.82, 2.24) is 9.79 Å². The SMILES string of the molecule is O=C(NO)[C@H]1CCCCCN1S(=O)(=O)c1ccc(Oc2ccc(-c3ccccc3)cc2)cc1. The summed E-state index contributed by atoms with van der Waals surface area (Å²) >= 11 is 0. The molecule has 1 heterocycles. The summed E-state index contributed by atoms with van der Waals surface area (Å²) in [5.74, 6) is 0.429. The lowest BCUT2D eigenvalue weighted by Gasteiger charge is -2.27. The molecule has 172 valence electrons. The average molecular weight is 467 g/mol. The van der Waals surface area contributed by atoms with Gasteiger partial charge in [0.1, 0.15) is 17.5 Å². The Morgan fingerprint density at radius 2 is 1.45 bits per heavy atom. The van der Waals surface area contributed by atoms with E-state index in [0.29, 0.717) is 24.3 Å². The topological polar surface area (TPSA) is 95.9 Å². The van der Waals surface area contributed by atoms with E-state index in [-0.39, 0.29) is 11.4 Å². The molecule has 3 aromatic carbocycles. The second-order valence-corrected chi connectivity index (χ2v) is 9.81. The summed E-state index contributed by atoms with van der Waals surface area (Å²) in [5.41, 5.74) is 3.79. The number of carbonyl (C=O) groups excluding carboxylic acids is 1. The molecule has 1 saturated heterocycles. The van der Waals surface area contributed by atoms with Crippen LogP contribution in [0.4, 0.5) is 0 Å². The van der Waals surface area contributed by atoms with E-state index in [1.165, 1.54) is 16.4 Å². The predicted molar refractivity (Wildman–Crippen MR) is 124 cm³/mol. The zero-order valence-corrected chi connectivity index (χ0v) is 18.9. The van der Waals surface area contributed by atoms with Gasteiger partial charge >= 0.3 is 0 Å². The number of ether oxygens (including phenoxy) is 1. The van der Waals surface area contributed by atoms with E-state index < -0.39 is 22.0 Å². The summed E-state index contributed by atoms with van der Waals surface area (Å²) in [5, 5.41) is 9.05. The fourth-order valence-corrected chi connectivity index (χ4v) is 5.66. The lowest BCUT2D eigenvalue weighted by atomic mass is 10.1. The highest BCUT2D eigenvalue weighted by Crippen LogP contribution is 2.29. The van der Waals surface area contributed by atoms with E-state index >= 15 is 0 Å². The molecule has 8 heteroatoms. The molecule has 0 spiro atoms. The Morgan fingerprint density at radius 1 is 0.848 bits per heavy atom. The molecular weight excluding hydrogens is 440 g/mol. The fourth-order valence-electron chi connectivity index (χ4n) is 4.00. The monoisotopic (exact) mass is 466 g/mol. The van der Waals surface area contributed by atoms with E-state index in [2.05, 4.69) is 0 Å². The highest BCUT2D eigenvalue weighted by molar-refractivity contribution is 7.89. The molecule has 2 N–H and O–H groups in total. The summed E-state index contributed by atoms with van der Waals surface area (Å²) in [6.07, 6.45) is 2.58. The number of benzene rings is 3. The maximum Gasteiger partial charge on any atom is 0.261 e. The van der Waals surface area contributed by atoms with Gasteiger partial charge in [0.25, 0.3) is 5.91 Å². The van der Waals surface area contributed by atoms with Gasteiger partial charge in [-0.25, -0.2) is 13.9 Å². The molecule has 0 bridgehead atoms. The molecule has 7 nitrogen and oxygen atoms in total. The third kappa shape index (κ3) is 5.24. The highest BCUT2D eigenvalue weighted by Gasteiger charge is 2.36. The number of hydrogen-bond acceptors (Lipinski definition) is 5. The van der Waals surface area contributed by atoms with Crippen molar-refractivity contribution in [2.75, 3.05) is 6.54 Å². The van der Waals surface area contributed by atoms with Crippen LogP contribution in [-0.4, -0.2) is 36.4 Å². The van der Waals surface area contributed by atoms with Crippen molar-refractivity contribution in [3.8, 4) is 22.6 Å². The first-order chi connectivity index (χ1) is 16.0. The minimum absolute atomic E-state index is 0.0758. The molecule has 1 atom stereocenters. The number of hydroxylamine groups is 1. The van der Waals surface area contributed by atoms with Gasteiger partial charge in [-0.3, -0.25) is 10.0 Å². The smallest absolute Gasteiger partial charge is 0.261 e. The third-order valence-corrected chi connectivity index (χ3v) is 7.67. The Kier molecular flexibility index (Phi) is 7.08. The summed E-state index contributed by atoms with van der Waals surface area (Å²) in [4.78, 5) is 12.2. The van der Waals surface area contributed by atoms with Crippen molar-refractivity contribution in [2.24, 2.45) is 0 Å². The second-order valence-electron chi connectivity index (χ2n) is 7.92. The van der Waals surface area contributed by atoms with Crippen molar-refractivity contribution in [2.45, 2.75) is 36.6 Å². The van der Waals surface area contributed by atoms with Gasteiger partial charge in [0, 0.05) is 6.54 Å². The molecule has 1 amide bonds. The number of hydrogen-bond donors (Lipinski definition) is 2. The lowest BCUT2D eigenvalue weighted by Crippen LogP contribution is -2.48. The number of sulfonamides is 1. The zero-order valence-electron chi connectivity index (χ0n) is 18.1. The first-order valence-electron chi connectivity index (χ1n) is 10.9. The summed E-state index contributed by atoms with van der Waals surface area (Å²) in [7, 11) is -3.91. The Hall–Kier alpha value is -3.20. The normalized spacial score (nSPS) is 17.2. The van der Waals surface area contributed by atoms with Gasteiger partial charge in [-0.05, 0) is 60.4 Å². The first-order valence-corrected chi connectivity index (χ1v) is 12.3. The summed E-state index contributed by atoms with van der Waals surface area (Å²) in [6, 6.07) is 22.9. The van der Waals surface area contributed by atoms with E-state index in [1.807, 2.05) is 54.6 Å². The number of amides is 1. The van der Waals surface area contributed by atoms with E-state index in [0.717, 1.165) is 24.0 Å². The summed E-state index contributed by atoms with van der Waals surface area (Å²) < 4.78 is 33.5. The average Bonchev–Trinajstić information content (AvgIpc) is 3.12. The van der Waals surface area contributed by atoms with Crippen LogP contribution in [0.5, 0.6) is 11.5 Å². The van der Waals surface area contributed by atoms with Crippen LogP contribution in [0.1, 0.15) is 25.7 Å². The number of nitrogens with zero attached hydrogens (tertiary/aromatic N) is 1. The second kappa shape index (κ2) is 10.2.